The first kappa shape index (κ1) is 29.5. The summed E-state index contributed by atoms with van der Waals surface area (Å²) in [5.41, 5.74) is 0. The predicted octanol–water partition coefficient (Wildman–Crippen LogP) is 6.29. The molecule has 0 N–H and O–H groups in total. The van der Waals surface area contributed by atoms with Crippen LogP contribution < -0.4 is 10.4 Å². The number of rotatable bonds is 20. The van der Waals surface area contributed by atoms with Crippen molar-refractivity contribution >= 4 is 27.5 Å². The van der Waals surface area contributed by atoms with Crippen molar-refractivity contribution in [2.75, 3.05) is 26.4 Å². The van der Waals surface area contributed by atoms with Gasteiger partial charge in [-0.1, -0.05) is 91.5 Å². The molecule has 0 saturated heterocycles. The van der Waals surface area contributed by atoms with Crippen LogP contribution >= 0.6 is 0 Å². The van der Waals surface area contributed by atoms with Crippen molar-refractivity contribution in [3.63, 3.8) is 0 Å². The maximum atomic E-state index is 6.53. The van der Waals surface area contributed by atoms with Gasteiger partial charge in [0.15, 0.2) is 0 Å². The first-order valence-electron chi connectivity index (χ1n) is 13.2. The minimum absolute atomic E-state index is 0.776. The molecule has 0 radical (unpaired) electrons. The number of unbranched alkanes of at least 4 members (excludes halogenated alkanes) is 4. The molecule has 0 heterocycles. The molecule has 0 saturated carbocycles. The molecule has 0 fully saturated rings. The van der Waals surface area contributed by atoms with E-state index in [1.54, 1.807) is 0 Å². The van der Waals surface area contributed by atoms with Crippen LogP contribution in [0.15, 0.2) is 24.3 Å². The molecule has 0 aliphatic carbocycles. The van der Waals surface area contributed by atoms with Gasteiger partial charge in [0, 0.05) is 26.4 Å². The lowest BCUT2D eigenvalue weighted by molar-refractivity contribution is 0.175. The predicted molar refractivity (Wildman–Crippen MR) is 142 cm³/mol. The van der Waals surface area contributed by atoms with Gasteiger partial charge in [0.05, 0.1) is 0 Å². The molecular formula is C26H50O4Si2. The van der Waals surface area contributed by atoms with E-state index in [1.807, 2.05) is 0 Å². The van der Waals surface area contributed by atoms with Crippen LogP contribution in [0.5, 0.6) is 0 Å². The van der Waals surface area contributed by atoms with Crippen molar-refractivity contribution in [3.05, 3.63) is 24.3 Å². The van der Waals surface area contributed by atoms with E-state index >= 15 is 0 Å². The Balaban J connectivity index is 3.18. The summed E-state index contributed by atoms with van der Waals surface area (Å²) in [6.07, 6.45) is 8.85. The third-order valence-electron chi connectivity index (χ3n) is 6.03. The second-order valence-electron chi connectivity index (χ2n) is 8.60. The van der Waals surface area contributed by atoms with Crippen molar-refractivity contribution in [1.29, 1.82) is 0 Å². The van der Waals surface area contributed by atoms with Crippen LogP contribution in [0, 0.1) is 0 Å². The van der Waals surface area contributed by atoms with Gasteiger partial charge in [-0.3, -0.25) is 0 Å². The fourth-order valence-corrected chi connectivity index (χ4v) is 9.45. The summed E-state index contributed by atoms with van der Waals surface area (Å²) in [5, 5.41) is 2.47. The molecule has 0 unspecified atom stereocenters. The van der Waals surface area contributed by atoms with Gasteiger partial charge in [-0.05, 0) is 48.1 Å². The maximum Gasteiger partial charge on any atom is 0.372 e. The molecule has 1 aromatic carbocycles. The lowest BCUT2D eigenvalue weighted by atomic mass is 10.4. The van der Waals surface area contributed by atoms with Crippen LogP contribution in [0.1, 0.15) is 92.9 Å². The summed E-state index contributed by atoms with van der Waals surface area (Å²) in [5.74, 6) is 0. The van der Waals surface area contributed by atoms with Crippen molar-refractivity contribution in [2.45, 2.75) is 105 Å². The van der Waals surface area contributed by atoms with E-state index < -0.39 is 17.1 Å². The fraction of sp³-hybridized carbons (Fsp3) is 0.769. The minimum atomic E-state index is -2.44. The average molecular weight is 483 g/mol. The van der Waals surface area contributed by atoms with E-state index in [0.717, 1.165) is 89.9 Å². The highest BCUT2D eigenvalue weighted by atomic mass is 28.4. The van der Waals surface area contributed by atoms with E-state index in [9.17, 15) is 0 Å². The quantitative estimate of drug-likeness (QED) is 0.162. The van der Waals surface area contributed by atoms with Gasteiger partial charge in [-0.15, -0.1) is 0 Å². The molecule has 0 aromatic heterocycles. The number of hydrogen-bond acceptors (Lipinski definition) is 4. The molecule has 0 atom stereocenters. The zero-order chi connectivity index (χ0) is 23.7. The van der Waals surface area contributed by atoms with Crippen LogP contribution in [0.3, 0.4) is 0 Å². The Hall–Kier alpha value is -0.506. The van der Waals surface area contributed by atoms with E-state index in [0.29, 0.717) is 0 Å². The first-order chi connectivity index (χ1) is 15.6. The van der Waals surface area contributed by atoms with E-state index in [2.05, 4.69) is 65.8 Å². The van der Waals surface area contributed by atoms with Gasteiger partial charge < -0.3 is 17.7 Å². The van der Waals surface area contributed by atoms with Crippen LogP contribution in [0.2, 0.25) is 12.1 Å². The maximum absolute atomic E-state index is 6.53. The lowest BCUT2D eigenvalue weighted by Gasteiger charge is -2.33. The molecule has 4 nitrogen and oxygen atoms in total. The summed E-state index contributed by atoms with van der Waals surface area (Å²) in [6.45, 7) is 16.4. The standard InChI is InChI=1S/C26H50O4Si2/c1-7-13-21-27-31(11-5,28-22-14-8-2)25-17-19-26(20-18-25)32(12-6,29-23-15-9-3)30-24-16-10-4/h17-20H,7-16,21-24H2,1-6H3. The molecule has 1 aromatic rings. The molecule has 0 amide bonds. The van der Waals surface area contributed by atoms with Crippen molar-refractivity contribution in [3.8, 4) is 0 Å². The Morgan fingerprint density at radius 1 is 0.469 bits per heavy atom. The first-order valence-corrected chi connectivity index (χ1v) is 17.3. The van der Waals surface area contributed by atoms with Crippen molar-refractivity contribution < 1.29 is 17.7 Å². The molecule has 32 heavy (non-hydrogen) atoms. The Bertz CT molecular complexity index is 509. The number of benzene rings is 1. The van der Waals surface area contributed by atoms with Crippen LogP contribution in [0.4, 0.5) is 0 Å². The van der Waals surface area contributed by atoms with E-state index in [1.165, 1.54) is 10.4 Å². The fourth-order valence-electron chi connectivity index (χ4n) is 3.74. The Labute approximate surface area is 200 Å². The van der Waals surface area contributed by atoms with Gasteiger partial charge in [-0.25, -0.2) is 0 Å². The van der Waals surface area contributed by atoms with Crippen molar-refractivity contribution in [2.24, 2.45) is 0 Å². The normalized spacial score (nSPS) is 12.4. The molecule has 1 rings (SSSR count). The second-order valence-corrected chi connectivity index (χ2v) is 15.3. The molecular weight excluding hydrogens is 432 g/mol. The zero-order valence-corrected chi connectivity index (χ0v) is 23.8. The average Bonchev–Trinajstić information content (AvgIpc) is 2.83. The summed E-state index contributed by atoms with van der Waals surface area (Å²) in [6, 6.07) is 10.8. The molecule has 6 heteroatoms. The van der Waals surface area contributed by atoms with Crippen LogP contribution in [-0.2, 0) is 17.7 Å². The molecule has 0 spiro atoms. The highest BCUT2D eigenvalue weighted by Gasteiger charge is 2.41. The van der Waals surface area contributed by atoms with Gasteiger partial charge in [-0.2, -0.15) is 0 Å². The Morgan fingerprint density at radius 2 is 0.719 bits per heavy atom. The Kier molecular flexibility index (Phi) is 15.7. The second kappa shape index (κ2) is 17.0. The SMILES string of the molecule is CCCCO[Si](CC)(OCCCC)c1ccc([Si](CC)(OCCCC)OCCCC)cc1. The molecule has 0 aliphatic heterocycles. The van der Waals surface area contributed by atoms with Crippen LogP contribution in [0.25, 0.3) is 0 Å². The molecule has 0 bridgehead atoms. The monoisotopic (exact) mass is 482 g/mol. The van der Waals surface area contributed by atoms with E-state index in [4.69, 9.17) is 17.7 Å². The third-order valence-corrected chi connectivity index (χ3v) is 13.0. The summed E-state index contributed by atoms with van der Waals surface area (Å²) in [4.78, 5) is 0. The minimum Gasteiger partial charge on any atom is -0.391 e. The van der Waals surface area contributed by atoms with Gasteiger partial charge in [0.2, 0.25) is 0 Å². The van der Waals surface area contributed by atoms with Gasteiger partial charge >= 0.3 is 17.1 Å². The highest BCUT2D eigenvalue weighted by Crippen LogP contribution is 2.19. The highest BCUT2D eigenvalue weighted by molar-refractivity contribution is 6.82. The van der Waals surface area contributed by atoms with Crippen molar-refractivity contribution in [1.82, 2.24) is 0 Å². The van der Waals surface area contributed by atoms with Gasteiger partial charge in [0.1, 0.15) is 0 Å². The summed E-state index contributed by atoms with van der Waals surface area (Å²) in [7, 11) is -4.88. The smallest absolute Gasteiger partial charge is 0.372 e. The largest absolute Gasteiger partial charge is 0.391 e. The van der Waals surface area contributed by atoms with Gasteiger partial charge in [0.25, 0.3) is 0 Å². The topological polar surface area (TPSA) is 36.9 Å². The zero-order valence-electron chi connectivity index (χ0n) is 21.8. The number of hydrogen-bond donors (Lipinski definition) is 0. The molecule has 186 valence electrons. The van der Waals surface area contributed by atoms with E-state index in [-0.39, 0.29) is 0 Å². The summed E-state index contributed by atoms with van der Waals surface area (Å²) >= 11 is 0. The molecule has 0 aliphatic rings. The Morgan fingerprint density at radius 3 is 0.906 bits per heavy atom. The lowest BCUT2D eigenvalue weighted by Crippen LogP contribution is -2.56. The van der Waals surface area contributed by atoms with Crippen LogP contribution in [-0.4, -0.2) is 43.5 Å². The summed E-state index contributed by atoms with van der Waals surface area (Å²) < 4.78 is 26.1. The third kappa shape index (κ3) is 9.03.